The van der Waals surface area contributed by atoms with Gasteiger partial charge in [-0.05, 0) is 42.8 Å². The van der Waals surface area contributed by atoms with E-state index in [-0.39, 0.29) is 16.4 Å². The van der Waals surface area contributed by atoms with E-state index in [1.807, 2.05) is 0 Å². The second kappa shape index (κ2) is 5.59. The van der Waals surface area contributed by atoms with Crippen LogP contribution in [0.4, 0.5) is 10.1 Å². The Morgan fingerprint density at radius 1 is 1.16 bits per heavy atom. The van der Waals surface area contributed by atoms with Crippen molar-refractivity contribution in [3.8, 4) is 0 Å². The predicted molar refractivity (Wildman–Crippen MR) is 75.6 cm³/mol. The van der Waals surface area contributed by atoms with Gasteiger partial charge in [0, 0.05) is 10.7 Å². The van der Waals surface area contributed by atoms with Gasteiger partial charge in [0.2, 0.25) is 0 Å². The highest BCUT2D eigenvalue weighted by Gasteiger charge is 2.11. The molecule has 5 heteroatoms. The minimum absolute atomic E-state index is 0.248. The van der Waals surface area contributed by atoms with Crippen molar-refractivity contribution in [2.45, 2.75) is 6.92 Å². The molecule has 2 aromatic carbocycles. The number of aryl methyl sites for hydroxylation is 1. The van der Waals surface area contributed by atoms with Crippen molar-refractivity contribution in [1.29, 1.82) is 0 Å². The molecule has 0 heterocycles. The molecule has 98 valence electrons. The molecule has 0 aliphatic rings. The topological polar surface area (TPSA) is 29.1 Å². The lowest BCUT2D eigenvalue weighted by molar-refractivity contribution is 0.102. The molecule has 0 saturated heterocycles. The van der Waals surface area contributed by atoms with Gasteiger partial charge in [0.05, 0.1) is 10.6 Å². The summed E-state index contributed by atoms with van der Waals surface area (Å²) in [5.74, 6) is -0.787. The molecule has 0 aliphatic carbocycles. The van der Waals surface area contributed by atoms with E-state index in [1.54, 1.807) is 25.1 Å². The Hall–Kier alpha value is -1.58. The van der Waals surface area contributed by atoms with Gasteiger partial charge in [0.1, 0.15) is 5.82 Å². The summed E-state index contributed by atoms with van der Waals surface area (Å²) in [4.78, 5) is 12.0. The molecule has 19 heavy (non-hydrogen) atoms. The van der Waals surface area contributed by atoms with Crippen LogP contribution >= 0.6 is 23.2 Å². The van der Waals surface area contributed by atoms with E-state index >= 15 is 0 Å². The molecule has 1 N–H and O–H groups in total. The van der Waals surface area contributed by atoms with Crippen molar-refractivity contribution >= 4 is 34.8 Å². The lowest BCUT2D eigenvalue weighted by Crippen LogP contribution is -2.12. The minimum atomic E-state index is -0.412. The smallest absolute Gasteiger partial charge is 0.257 e. The summed E-state index contributed by atoms with van der Waals surface area (Å²) in [5, 5.41) is 3.28. The van der Waals surface area contributed by atoms with Crippen LogP contribution in [-0.2, 0) is 0 Å². The molecule has 0 spiro atoms. The van der Waals surface area contributed by atoms with E-state index < -0.39 is 5.91 Å². The zero-order valence-electron chi connectivity index (χ0n) is 10.0. The summed E-state index contributed by atoms with van der Waals surface area (Å²) in [7, 11) is 0. The fraction of sp³-hybridized carbons (Fsp3) is 0.0714. The molecule has 0 radical (unpaired) electrons. The van der Waals surface area contributed by atoms with Gasteiger partial charge in [-0.2, -0.15) is 0 Å². The SMILES string of the molecule is Cc1ccc(NC(=O)c2ccc(Cl)cc2Cl)cc1F. The Balaban J connectivity index is 2.23. The number of halogens is 3. The van der Waals surface area contributed by atoms with Crippen LogP contribution in [0.15, 0.2) is 36.4 Å². The molecule has 0 aliphatic heterocycles. The van der Waals surface area contributed by atoms with Crippen molar-refractivity contribution in [2.75, 3.05) is 5.32 Å². The monoisotopic (exact) mass is 297 g/mol. The minimum Gasteiger partial charge on any atom is -0.322 e. The van der Waals surface area contributed by atoms with E-state index in [0.717, 1.165) is 0 Å². The first-order valence-corrected chi connectivity index (χ1v) is 6.25. The molecule has 0 unspecified atom stereocenters. The predicted octanol–water partition coefficient (Wildman–Crippen LogP) is 4.69. The fourth-order valence-electron chi connectivity index (χ4n) is 1.54. The van der Waals surface area contributed by atoms with Crippen LogP contribution in [0.5, 0.6) is 0 Å². The van der Waals surface area contributed by atoms with Gasteiger partial charge in [-0.3, -0.25) is 4.79 Å². The first-order chi connectivity index (χ1) is 8.97. The Morgan fingerprint density at radius 3 is 2.53 bits per heavy atom. The summed E-state index contributed by atoms with van der Waals surface area (Å²) < 4.78 is 13.4. The van der Waals surface area contributed by atoms with E-state index in [0.29, 0.717) is 16.3 Å². The summed E-state index contributed by atoms with van der Waals surface area (Å²) in [6, 6.07) is 9.04. The van der Waals surface area contributed by atoms with Gasteiger partial charge in [0.15, 0.2) is 0 Å². The Labute approximate surface area is 120 Å². The summed E-state index contributed by atoms with van der Waals surface area (Å²) in [5.41, 5.74) is 1.17. The van der Waals surface area contributed by atoms with E-state index in [9.17, 15) is 9.18 Å². The number of rotatable bonds is 2. The molecular weight excluding hydrogens is 288 g/mol. The largest absolute Gasteiger partial charge is 0.322 e. The maximum atomic E-state index is 13.4. The van der Waals surface area contributed by atoms with E-state index in [2.05, 4.69) is 5.32 Å². The van der Waals surface area contributed by atoms with Gasteiger partial charge >= 0.3 is 0 Å². The molecule has 2 rings (SSSR count). The summed E-state index contributed by atoms with van der Waals surface area (Å²) in [6.07, 6.45) is 0. The Bertz CT molecular complexity index is 643. The summed E-state index contributed by atoms with van der Waals surface area (Å²) >= 11 is 11.7. The van der Waals surface area contributed by atoms with Crippen LogP contribution in [0.1, 0.15) is 15.9 Å². The van der Waals surface area contributed by atoms with Crippen molar-refractivity contribution in [1.82, 2.24) is 0 Å². The van der Waals surface area contributed by atoms with Crippen LogP contribution in [0, 0.1) is 12.7 Å². The van der Waals surface area contributed by atoms with Crippen molar-refractivity contribution < 1.29 is 9.18 Å². The van der Waals surface area contributed by atoms with Gasteiger partial charge in [0.25, 0.3) is 5.91 Å². The molecule has 2 nitrogen and oxygen atoms in total. The number of carbonyl (C=O) groups is 1. The molecule has 0 fully saturated rings. The normalized spacial score (nSPS) is 10.3. The average molecular weight is 298 g/mol. The molecule has 0 bridgehead atoms. The van der Waals surface area contributed by atoms with Gasteiger partial charge in [-0.15, -0.1) is 0 Å². The van der Waals surface area contributed by atoms with E-state index in [4.69, 9.17) is 23.2 Å². The van der Waals surface area contributed by atoms with Crippen molar-refractivity contribution in [3.05, 3.63) is 63.4 Å². The lowest BCUT2D eigenvalue weighted by Gasteiger charge is -2.08. The number of nitrogens with one attached hydrogen (secondary N) is 1. The standard InChI is InChI=1S/C14H10Cl2FNO/c1-8-2-4-10(7-13(8)17)18-14(19)11-5-3-9(15)6-12(11)16/h2-7H,1H3,(H,18,19). The highest BCUT2D eigenvalue weighted by molar-refractivity contribution is 6.37. The van der Waals surface area contributed by atoms with Crippen LogP contribution in [0.25, 0.3) is 0 Å². The molecule has 0 atom stereocenters. The first-order valence-electron chi connectivity index (χ1n) is 5.50. The highest BCUT2D eigenvalue weighted by atomic mass is 35.5. The second-order valence-corrected chi connectivity index (χ2v) is 4.89. The third-order valence-corrected chi connectivity index (χ3v) is 3.15. The fourth-order valence-corrected chi connectivity index (χ4v) is 2.04. The van der Waals surface area contributed by atoms with Crippen molar-refractivity contribution in [2.24, 2.45) is 0 Å². The third kappa shape index (κ3) is 3.25. The number of hydrogen-bond acceptors (Lipinski definition) is 1. The van der Waals surface area contributed by atoms with Gasteiger partial charge in [-0.25, -0.2) is 4.39 Å². The number of anilines is 1. The highest BCUT2D eigenvalue weighted by Crippen LogP contribution is 2.22. The zero-order valence-corrected chi connectivity index (χ0v) is 11.5. The van der Waals surface area contributed by atoms with Gasteiger partial charge < -0.3 is 5.32 Å². The molecular formula is C14H10Cl2FNO. The Kier molecular flexibility index (Phi) is 4.08. The molecule has 0 saturated carbocycles. The third-order valence-electron chi connectivity index (χ3n) is 2.61. The van der Waals surface area contributed by atoms with Gasteiger partial charge in [-0.1, -0.05) is 29.3 Å². The summed E-state index contributed by atoms with van der Waals surface area (Å²) in [6.45, 7) is 1.65. The number of carbonyl (C=O) groups excluding carboxylic acids is 1. The molecule has 0 aromatic heterocycles. The maximum absolute atomic E-state index is 13.4. The molecule has 1 amide bonds. The Morgan fingerprint density at radius 2 is 1.89 bits per heavy atom. The second-order valence-electron chi connectivity index (χ2n) is 4.04. The quantitative estimate of drug-likeness (QED) is 0.856. The van der Waals surface area contributed by atoms with Crippen LogP contribution < -0.4 is 5.32 Å². The van der Waals surface area contributed by atoms with E-state index in [1.165, 1.54) is 18.2 Å². The number of benzene rings is 2. The first kappa shape index (κ1) is 13.8. The lowest BCUT2D eigenvalue weighted by atomic mass is 10.2. The average Bonchev–Trinajstić information content (AvgIpc) is 2.33. The van der Waals surface area contributed by atoms with Crippen LogP contribution in [-0.4, -0.2) is 5.91 Å². The molecule has 2 aromatic rings. The maximum Gasteiger partial charge on any atom is 0.257 e. The van der Waals surface area contributed by atoms with Crippen LogP contribution in [0.2, 0.25) is 10.0 Å². The number of amides is 1. The zero-order chi connectivity index (χ0) is 14.0. The van der Waals surface area contributed by atoms with Crippen molar-refractivity contribution in [3.63, 3.8) is 0 Å². The number of hydrogen-bond donors (Lipinski definition) is 1. The van der Waals surface area contributed by atoms with Crippen LogP contribution in [0.3, 0.4) is 0 Å².